The molecule has 0 aliphatic carbocycles. The van der Waals surface area contributed by atoms with Crippen molar-refractivity contribution >= 4 is 58.2 Å². The van der Waals surface area contributed by atoms with Crippen molar-refractivity contribution in [2.45, 2.75) is 58.7 Å². The molecule has 55 heavy (non-hydrogen) atoms. The van der Waals surface area contributed by atoms with Crippen LogP contribution < -0.4 is 10.6 Å². The maximum Gasteiger partial charge on any atom is 0.262 e. The normalized spacial score (nSPS) is 20.1. The molecule has 4 aromatic rings. The molecule has 284 valence electrons. The van der Waals surface area contributed by atoms with Crippen LogP contribution in [0.2, 0.25) is 5.02 Å². The molecule has 4 aliphatic heterocycles. The SMILES string of the molecule is Cc1sc2c(c1C)C(c1ccc(Cl)cc1)=N[C@@H](CC(=O)NCCN1CCN(Cc3ccc4c(c3)C(=O)N(C3CCC(=O)NC3=O)C4=O)CC1)c1nnc(C)n1-2. The van der Waals surface area contributed by atoms with Crippen molar-refractivity contribution in [1.29, 1.82) is 0 Å². The van der Waals surface area contributed by atoms with Crippen LogP contribution in [0.25, 0.3) is 5.00 Å². The molecule has 14 nitrogen and oxygen atoms in total. The summed E-state index contributed by atoms with van der Waals surface area (Å²) in [6.07, 6.45) is 0.324. The Morgan fingerprint density at radius 3 is 2.42 bits per heavy atom. The Bertz CT molecular complexity index is 2270. The van der Waals surface area contributed by atoms with Gasteiger partial charge in [0.2, 0.25) is 17.7 Å². The number of carbonyl (C=O) groups is 5. The third-order valence-electron chi connectivity index (χ3n) is 10.9. The molecule has 0 bridgehead atoms. The topological polar surface area (TPSA) is 162 Å². The van der Waals surface area contributed by atoms with Crippen LogP contribution >= 0.6 is 22.9 Å². The van der Waals surface area contributed by atoms with Crippen molar-refractivity contribution in [3.8, 4) is 5.00 Å². The number of hydrogen-bond acceptors (Lipinski definition) is 11. The lowest BCUT2D eigenvalue weighted by molar-refractivity contribution is -0.136. The second-order valence-electron chi connectivity index (χ2n) is 14.4. The summed E-state index contributed by atoms with van der Waals surface area (Å²) in [4.78, 5) is 75.8. The first-order valence-corrected chi connectivity index (χ1v) is 19.6. The number of piperidine rings is 1. The summed E-state index contributed by atoms with van der Waals surface area (Å²) in [5, 5.41) is 15.9. The molecule has 2 N–H and O–H groups in total. The molecule has 0 saturated carbocycles. The molecule has 6 heterocycles. The number of imide groups is 2. The minimum atomic E-state index is -0.987. The average Bonchev–Trinajstić information content (AvgIpc) is 3.73. The monoisotopic (exact) mass is 781 g/mol. The van der Waals surface area contributed by atoms with Gasteiger partial charge in [-0.05, 0) is 62.6 Å². The highest BCUT2D eigenvalue weighted by atomic mass is 35.5. The van der Waals surface area contributed by atoms with Gasteiger partial charge < -0.3 is 5.32 Å². The fourth-order valence-corrected chi connectivity index (χ4v) is 9.12. The minimum absolute atomic E-state index is 0.0799. The molecule has 2 atom stereocenters. The van der Waals surface area contributed by atoms with E-state index in [1.807, 2.05) is 41.8 Å². The lowest BCUT2D eigenvalue weighted by Gasteiger charge is -2.34. The van der Waals surface area contributed by atoms with Crippen LogP contribution in [0.1, 0.15) is 84.8 Å². The summed E-state index contributed by atoms with van der Waals surface area (Å²) in [6.45, 7) is 11.1. The number of amides is 5. The zero-order chi connectivity index (χ0) is 38.5. The number of aromatic nitrogens is 3. The first kappa shape index (κ1) is 36.9. The average molecular weight is 782 g/mol. The number of rotatable bonds is 9. The second kappa shape index (κ2) is 14.9. The van der Waals surface area contributed by atoms with E-state index in [1.54, 1.807) is 23.5 Å². The van der Waals surface area contributed by atoms with E-state index in [9.17, 15) is 24.0 Å². The quantitative estimate of drug-likeness (QED) is 0.242. The minimum Gasteiger partial charge on any atom is -0.355 e. The van der Waals surface area contributed by atoms with Crippen molar-refractivity contribution in [2.24, 2.45) is 4.99 Å². The fraction of sp³-hybridized carbons (Fsp3) is 0.385. The smallest absolute Gasteiger partial charge is 0.262 e. The van der Waals surface area contributed by atoms with E-state index < -0.39 is 35.7 Å². The Hall–Kier alpha value is -5.09. The molecule has 2 aromatic heterocycles. The summed E-state index contributed by atoms with van der Waals surface area (Å²) in [5.41, 5.74) is 5.35. The number of thiophene rings is 1. The van der Waals surface area contributed by atoms with Gasteiger partial charge in [-0.3, -0.25) is 53.5 Å². The number of piperazine rings is 1. The first-order chi connectivity index (χ1) is 26.5. The Labute approximate surface area is 326 Å². The van der Waals surface area contributed by atoms with E-state index in [4.69, 9.17) is 16.6 Å². The summed E-state index contributed by atoms with van der Waals surface area (Å²) < 4.78 is 2.04. The molecule has 16 heteroatoms. The number of aryl methyl sites for hydroxylation is 2. The van der Waals surface area contributed by atoms with Gasteiger partial charge in [-0.1, -0.05) is 29.8 Å². The van der Waals surface area contributed by atoms with E-state index in [1.165, 1.54) is 4.88 Å². The molecule has 1 unspecified atom stereocenters. The van der Waals surface area contributed by atoms with Crippen molar-refractivity contribution in [1.82, 2.24) is 40.1 Å². The zero-order valence-corrected chi connectivity index (χ0v) is 32.3. The maximum absolute atomic E-state index is 13.5. The van der Waals surface area contributed by atoms with Crippen LogP contribution in [0.15, 0.2) is 47.5 Å². The number of fused-ring (bicyclic) bond motifs is 4. The van der Waals surface area contributed by atoms with Gasteiger partial charge in [-0.25, -0.2) is 0 Å². The van der Waals surface area contributed by atoms with E-state index in [-0.39, 0.29) is 36.3 Å². The molecule has 0 spiro atoms. The van der Waals surface area contributed by atoms with Gasteiger partial charge in [-0.2, -0.15) is 0 Å². The molecule has 8 rings (SSSR count). The van der Waals surface area contributed by atoms with Crippen molar-refractivity contribution in [3.63, 3.8) is 0 Å². The Balaban J connectivity index is 0.863. The molecule has 2 fully saturated rings. The Kier molecular flexibility index (Phi) is 9.96. The van der Waals surface area contributed by atoms with E-state index in [0.29, 0.717) is 30.5 Å². The highest BCUT2D eigenvalue weighted by Crippen LogP contribution is 2.39. The van der Waals surface area contributed by atoms with Crippen LogP contribution in [0.3, 0.4) is 0 Å². The van der Waals surface area contributed by atoms with Crippen molar-refractivity contribution < 1.29 is 24.0 Å². The maximum atomic E-state index is 13.5. The molecule has 2 saturated heterocycles. The number of aliphatic imine (C=N–C) groups is 1. The van der Waals surface area contributed by atoms with Crippen LogP contribution in [-0.2, 0) is 20.9 Å². The fourth-order valence-electron chi connectivity index (χ4n) is 7.78. The number of nitrogens with one attached hydrogen (secondary N) is 2. The van der Waals surface area contributed by atoms with Crippen LogP contribution in [0.5, 0.6) is 0 Å². The second-order valence-corrected chi connectivity index (χ2v) is 16.0. The predicted molar refractivity (Wildman–Crippen MR) is 206 cm³/mol. The van der Waals surface area contributed by atoms with Gasteiger partial charge in [0.05, 0.1) is 23.3 Å². The van der Waals surface area contributed by atoms with Crippen LogP contribution in [-0.4, -0.2) is 110 Å². The van der Waals surface area contributed by atoms with Crippen molar-refractivity contribution in [2.75, 3.05) is 39.3 Å². The van der Waals surface area contributed by atoms with Crippen LogP contribution in [0.4, 0.5) is 0 Å². The summed E-state index contributed by atoms with van der Waals surface area (Å²) in [5.74, 6) is -0.772. The predicted octanol–water partition coefficient (Wildman–Crippen LogP) is 3.52. The number of hydrogen-bond donors (Lipinski definition) is 2. The molecule has 0 radical (unpaired) electrons. The molecular formula is C39H40ClN9O5S. The van der Waals surface area contributed by atoms with Gasteiger partial charge in [0.25, 0.3) is 11.8 Å². The van der Waals surface area contributed by atoms with Gasteiger partial charge >= 0.3 is 0 Å². The highest BCUT2D eigenvalue weighted by Gasteiger charge is 2.44. The van der Waals surface area contributed by atoms with Crippen molar-refractivity contribution in [3.05, 3.63) is 97.4 Å². The summed E-state index contributed by atoms with van der Waals surface area (Å²) in [6, 6.07) is 11.3. The number of halogens is 1. The molecule has 4 aliphatic rings. The standard InChI is InChI=1S/C39H40ClN9O5S/c1-21-22(2)55-39-33(21)34(25-5-7-26(40)8-6-25)42-29(35-45-44-23(3)48(35)39)19-32(51)41-12-13-46-14-16-47(17-15-46)20-24-4-9-27-28(18-24)38(54)49(37(27)53)30-10-11-31(50)43-36(30)52/h4-9,18,29-30H,10-17,19-20H2,1-3H3,(H,41,51)(H,43,50,52)/t29-,30?/m0/s1. The van der Waals surface area contributed by atoms with Gasteiger partial charge in [0.15, 0.2) is 5.82 Å². The largest absolute Gasteiger partial charge is 0.355 e. The number of carbonyl (C=O) groups excluding carboxylic acids is 5. The molecule has 2 aromatic carbocycles. The van der Waals surface area contributed by atoms with Gasteiger partial charge in [-0.15, -0.1) is 21.5 Å². The number of nitrogens with zero attached hydrogens (tertiary/aromatic N) is 7. The molecule has 5 amide bonds. The summed E-state index contributed by atoms with van der Waals surface area (Å²) >= 11 is 7.91. The third-order valence-corrected chi connectivity index (χ3v) is 12.3. The summed E-state index contributed by atoms with van der Waals surface area (Å²) in [7, 11) is 0. The zero-order valence-electron chi connectivity index (χ0n) is 30.7. The lowest BCUT2D eigenvalue weighted by Crippen LogP contribution is -2.54. The Morgan fingerprint density at radius 2 is 1.67 bits per heavy atom. The highest BCUT2D eigenvalue weighted by molar-refractivity contribution is 7.15. The van der Waals surface area contributed by atoms with E-state index in [0.717, 1.165) is 69.9 Å². The van der Waals surface area contributed by atoms with E-state index >= 15 is 0 Å². The number of benzene rings is 2. The third kappa shape index (κ3) is 7.01. The first-order valence-electron chi connectivity index (χ1n) is 18.4. The van der Waals surface area contributed by atoms with Gasteiger partial charge in [0, 0.05) is 73.3 Å². The Morgan fingerprint density at radius 1 is 0.945 bits per heavy atom. The van der Waals surface area contributed by atoms with E-state index in [2.05, 4.69) is 44.5 Å². The van der Waals surface area contributed by atoms with Crippen LogP contribution in [0, 0.1) is 20.8 Å². The molecular weight excluding hydrogens is 742 g/mol. The van der Waals surface area contributed by atoms with Gasteiger partial charge in [0.1, 0.15) is 22.9 Å². The lowest BCUT2D eigenvalue weighted by atomic mass is 9.99.